The molecule has 0 spiro atoms. The number of rotatable bonds is 3. The predicted octanol–water partition coefficient (Wildman–Crippen LogP) is 3.08. The second kappa shape index (κ2) is 5.82. The zero-order chi connectivity index (χ0) is 14.7. The van der Waals surface area contributed by atoms with Crippen LogP contribution >= 0.6 is 0 Å². The number of hydrogen-bond donors (Lipinski definition) is 2. The normalized spacial score (nSPS) is 17.6. The van der Waals surface area contributed by atoms with Crippen LogP contribution in [-0.2, 0) is 4.79 Å². The summed E-state index contributed by atoms with van der Waals surface area (Å²) in [7, 11) is 0. The van der Waals surface area contributed by atoms with Crippen LogP contribution < -0.4 is 11.1 Å². The number of benzene rings is 1. The van der Waals surface area contributed by atoms with Crippen molar-refractivity contribution in [2.75, 3.05) is 11.9 Å². The lowest BCUT2D eigenvalue weighted by Gasteiger charge is -2.34. The summed E-state index contributed by atoms with van der Waals surface area (Å²) in [6.07, 6.45) is 8.72. The topological polar surface area (TPSA) is 68.0 Å². The number of nitrogens with one attached hydrogen (secondary N) is 1. The fraction of sp³-hybridized carbons (Fsp3) is 0.412. The maximum atomic E-state index is 12.8. The second-order valence-electron chi connectivity index (χ2n) is 5.90. The molecule has 1 heterocycles. The van der Waals surface area contributed by atoms with Crippen LogP contribution in [0.15, 0.2) is 36.7 Å². The third-order valence-corrected chi connectivity index (χ3v) is 4.61. The molecule has 3 N–H and O–H groups in total. The highest BCUT2D eigenvalue weighted by Crippen LogP contribution is 2.37. The molecule has 1 aromatic heterocycles. The number of carbonyl (C=O) groups is 1. The molecule has 3 rings (SSSR count). The Hall–Kier alpha value is -1.94. The molecule has 0 radical (unpaired) electrons. The quantitative estimate of drug-likeness (QED) is 0.909. The van der Waals surface area contributed by atoms with E-state index in [1.165, 1.54) is 6.42 Å². The van der Waals surface area contributed by atoms with Gasteiger partial charge in [0.1, 0.15) is 0 Å². The molecule has 1 aliphatic rings. The molecule has 21 heavy (non-hydrogen) atoms. The van der Waals surface area contributed by atoms with Crippen LogP contribution in [-0.4, -0.2) is 17.4 Å². The number of amides is 1. The zero-order valence-corrected chi connectivity index (χ0v) is 12.1. The second-order valence-corrected chi connectivity index (χ2v) is 5.90. The van der Waals surface area contributed by atoms with Gasteiger partial charge in [0.25, 0.3) is 0 Å². The van der Waals surface area contributed by atoms with Crippen molar-refractivity contribution in [2.24, 2.45) is 11.1 Å². The van der Waals surface area contributed by atoms with Gasteiger partial charge in [0.15, 0.2) is 0 Å². The van der Waals surface area contributed by atoms with Gasteiger partial charge < -0.3 is 11.1 Å². The van der Waals surface area contributed by atoms with Gasteiger partial charge in [-0.15, -0.1) is 0 Å². The lowest BCUT2D eigenvalue weighted by Crippen LogP contribution is -2.43. The molecule has 0 unspecified atom stereocenters. The van der Waals surface area contributed by atoms with Crippen LogP contribution in [0.4, 0.5) is 5.69 Å². The molecule has 0 atom stereocenters. The van der Waals surface area contributed by atoms with Gasteiger partial charge in [-0.05, 0) is 25.0 Å². The Kier molecular flexibility index (Phi) is 3.88. The minimum Gasteiger partial charge on any atom is -0.329 e. The summed E-state index contributed by atoms with van der Waals surface area (Å²) in [5.41, 5.74) is 6.38. The summed E-state index contributed by atoms with van der Waals surface area (Å²) in [5, 5.41) is 5.15. The predicted molar refractivity (Wildman–Crippen MR) is 84.9 cm³/mol. The fourth-order valence-corrected chi connectivity index (χ4v) is 3.24. The molecule has 4 heteroatoms. The number of fused-ring (bicyclic) bond motifs is 1. The average Bonchev–Trinajstić information content (AvgIpc) is 2.56. The number of hydrogen-bond acceptors (Lipinski definition) is 3. The molecule has 0 aliphatic heterocycles. The lowest BCUT2D eigenvalue weighted by molar-refractivity contribution is -0.126. The maximum absolute atomic E-state index is 12.8. The van der Waals surface area contributed by atoms with Crippen molar-refractivity contribution in [1.82, 2.24) is 4.98 Å². The maximum Gasteiger partial charge on any atom is 0.231 e. The third-order valence-electron chi connectivity index (χ3n) is 4.61. The molecule has 2 aromatic rings. The molecule has 110 valence electrons. The van der Waals surface area contributed by atoms with Crippen LogP contribution in [0.25, 0.3) is 10.8 Å². The summed E-state index contributed by atoms with van der Waals surface area (Å²) in [4.78, 5) is 16.9. The van der Waals surface area contributed by atoms with Gasteiger partial charge in [-0.1, -0.05) is 31.4 Å². The van der Waals surface area contributed by atoms with E-state index in [1.54, 1.807) is 6.20 Å². The van der Waals surface area contributed by atoms with Crippen molar-refractivity contribution in [1.29, 1.82) is 0 Å². The van der Waals surface area contributed by atoms with Crippen LogP contribution in [0.1, 0.15) is 32.1 Å². The number of nitrogens with two attached hydrogens (primary N) is 1. The summed E-state index contributed by atoms with van der Waals surface area (Å²) in [6, 6.07) is 7.81. The number of carbonyl (C=O) groups excluding carboxylic acids is 1. The number of pyridine rings is 1. The van der Waals surface area contributed by atoms with Crippen molar-refractivity contribution in [2.45, 2.75) is 32.1 Å². The lowest BCUT2D eigenvalue weighted by atomic mass is 9.73. The zero-order valence-electron chi connectivity index (χ0n) is 12.1. The van der Waals surface area contributed by atoms with Crippen molar-refractivity contribution >= 4 is 22.4 Å². The molecular formula is C17H21N3O. The summed E-state index contributed by atoms with van der Waals surface area (Å²) in [6.45, 7) is 0.422. The van der Waals surface area contributed by atoms with Crippen molar-refractivity contribution in [3.63, 3.8) is 0 Å². The SMILES string of the molecule is NCC1(C(=O)Nc2cccc3cnccc23)CCCCC1. The molecule has 0 saturated heterocycles. The minimum atomic E-state index is -0.395. The fourth-order valence-electron chi connectivity index (χ4n) is 3.24. The molecule has 0 bridgehead atoms. The highest BCUT2D eigenvalue weighted by Gasteiger charge is 2.38. The summed E-state index contributed by atoms with van der Waals surface area (Å²) < 4.78 is 0. The van der Waals surface area contributed by atoms with E-state index >= 15 is 0 Å². The van der Waals surface area contributed by atoms with E-state index in [-0.39, 0.29) is 5.91 Å². The Morgan fingerprint density at radius 2 is 2.05 bits per heavy atom. The molecule has 1 aromatic carbocycles. The standard InChI is InChI=1S/C17H21N3O/c18-12-17(8-2-1-3-9-17)16(21)20-15-6-4-5-13-11-19-10-7-14(13)15/h4-7,10-11H,1-3,8-9,12,18H2,(H,20,21). The van der Waals surface area contributed by atoms with E-state index in [1.807, 2.05) is 30.5 Å². The molecular weight excluding hydrogens is 262 g/mol. The largest absolute Gasteiger partial charge is 0.329 e. The van der Waals surface area contributed by atoms with Gasteiger partial charge in [0, 0.05) is 35.4 Å². The molecule has 1 fully saturated rings. The highest BCUT2D eigenvalue weighted by molar-refractivity contribution is 6.03. The first-order chi connectivity index (χ1) is 10.2. The Balaban J connectivity index is 1.89. The molecule has 1 amide bonds. The highest BCUT2D eigenvalue weighted by atomic mass is 16.2. The van der Waals surface area contributed by atoms with E-state index < -0.39 is 5.41 Å². The van der Waals surface area contributed by atoms with Crippen LogP contribution in [0, 0.1) is 5.41 Å². The molecule has 1 saturated carbocycles. The number of aromatic nitrogens is 1. The van der Waals surface area contributed by atoms with E-state index in [4.69, 9.17) is 5.73 Å². The van der Waals surface area contributed by atoms with Gasteiger partial charge >= 0.3 is 0 Å². The first-order valence-electron chi connectivity index (χ1n) is 7.59. The van der Waals surface area contributed by atoms with E-state index in [9.17, 15) is 4.79 Å². The number of anilines is 1. The van der Waals surface area contributed by atoms with E-state index in [0.29, 0.717) is 6.54 Å². The molecule has 4 nitrogen and oxygen atoms in total. The van der Waals surface area contributed by atoms with Crippen LogP contribution in [0.2, 0.25) is 0 Å². The summed E-state index contributed by atoms with van der Waals surface area (Å²) >= 11 is 0. The Labute approximate surface area is 124 Å². The third kappa shape index (κ3) is 2.63. The van der Waals surface area contributed by atoms with Crippen molar-refractivity contribution in [3.8, 4) is 0 Å². The van der Waals surface area contributed by atoms with Crippen molar-refractivity contribution < 1.29 is 4.79 Å². The van der Waals surface area contributed by atoms with Gasteiger partial charge in [0.05, 0.1) is 5.41 Å². The first kappa shape index (κ1) is 14.0. The monoisotopic (exact) mass is 283 g/mol. The minimum absolute atomic E-state index is 0.0639. The molecule has 1 aliphatic carbocycles. The van der Waals surface area contributed by atoms with E-state index in [0.717, 1.165) is 42.1 Å². The van der Waals surface area contributed by atoms with Crippen LogP contribution in [0.3, 0.4) is 0 Å². The van der Waals surface area contributed by atoms with E-state index in [2.05, 4.69) is 10.3 Å². The van der Waals surface area contributed by atoms with Gasteiger partial charge in [-0.3, -0.25) is 9.78 Å². The summed E-state index contributed by atoms with van der Waals surface area (Å²) in [5.74, 6) is 0.0639. The smallest absolute Gasteiger partial charge is 0.231 e. The Morgan fingerprint density at radius 1 is 1.24 bits per heavy atom. The van der Waals surface area contributed by atoms with Crippen LogP contribution in [0.5, 0.6) is 0 Å². The number of nitrogens with zero attached hydrogens (tertiary/aromatic N) is 1. The Bertz CT molecular complexity index is 642. The average molecular weight is 283 g/mol. The van der Waals surface area contributed by atoms with Gasteiger partial charge in [0.2, 0.25) is 5.91 Å². The first-order valence-corrected chi connectivity index (χ1v) is 7.59. The van der Waals surface area contributed by atoms with Gasteiger partial charge in [-0.25, -0.2) is 0 Å². The van der Waals surface area contributed by atoms with Crippen molar-refractivity contribution in [3.05, 3.63) is 36.7 Å². The van der Waals surface area contributed by atoms with Gasteiger partial charge in [-0.2, -0.15) is 0 Å². The Morgan fingerprint density at radius 3 is 2.81 bits per heavy atom.